The van der Waals surface area contributed by atoms with E-state index in [4.69, 9.17) is 4.52 Å². The minimum Gasteiger partial charge on any atom is -0.297 e. The second kappa shape index (κ2) is 5.43. The van der Waals surface area contributed by atoms with E-state index < -0.39 is 7.67 Å². The molecule has 0 radical (unpaired) electrons. The average molecular weight is 268 g/mol. The molecule has 0 spiro atoms. The van der Waals surface area contributed by atoms with E-state index in [1.54, 1.807) is 0 Å². The zero-order valence-electron chi connectivity index (χ0n) is 11.2. The summed E-state index contributed by atoms with van der Waals surface area (Å²) in [7, 11) is -2.90. The summed E-state index contributed by atoms with van der Waals surface area (Å²) < 4.78 is 22.8. The molecule has 1 heterocycles. The molecule has 1 aliphatic rings. The number of para-hydroxylation sites is 1. The molecule has 0 saturated carbocycles. The summed E-state index contributed by atoms with van der Waals surface area (Å²) in [6, 6.07) is 9.86. The summed E-state index contributed by atoms with van der Waals surface area (Å²) in [4.78, 5) is 0. The van der Waals surface area contributed by atoms with Crippen molar-refractivity contribution in [3.63, 3.8) is 0 Å². The van der Waals surface area contributed by atoms with Gasteiger partial charge in [-0.15, -0.1) is 0 Å². The molecule has 4 nitrogen and oxygen atoms in total. The molecule has 0 unspecified atom stereocenters. The molecule has 1 aromatic rings. The number of anilines is 1. The average Bonchev–Trinajstić information content (AvgIpc) is 2.68. The number of benzene rings is 1. The van der Waals surface area contributed by atoms with Crippen molar-refractivity contribution in [2.24, 2.45) is 0 Å². The molecule has 2 rings (SSSR count). The van der Waals surface area contributed by atoms with Crippen LogP contribution >= 0.6 is 7.67 Å². The van der Waals surface area contributed by atoms with Crippen molar-refractivity contribution < 1.29 is 9.09 Å². The Kier molecular flexibility index (Phi) is 4.10. The lowest BCUT2D eigenvalue weighted by Gasteiger charge is -2.32. The largest absolute Gasteiger partial charge is 0.371 e. The van der Waals surface area contributed by atoms with Crippen molar-refractivity contribution in [3.8, 4) is 0 Å². The molecular weight excluding hydrogens is 247 g/mol. The first-order valence-electron chi connectivity index (χ1n) is 6.48. The van der Waals surface area contributed by atoms with Crippen molar-refractivity contribution in [2.75, 3.05) is 24.3 Å². The summed E-state index contributed by atoms with van der Waals surface area (Å²) in [6.07, 6.45) is -0.00311. The highest BCUT2D eigenvalue weighted by molar-refractivity contribution is 7.58. The Hall–Kier alpha value is -0.830. The van der Waals surface area contributed by atoms with Crippen LogP contribution in [0.4, 0.5) is 5.69 Å². The molecule has 1 aromatic carbocycles. The van der Waals surface area contributed by atoms with Crippen LogP contribution in [0.5, 0.6) is 0 Å². The van der Waals surface area contributed by atoms with Gasteiger partial charge in [0.1, 0.15) is 0 Å². The molecular formula is C13H21N2O2P. The maximum absolute atomic E-state index is 13.1. The maximum atomic E-state index is 13.1. The van der Waals surface area contributed by atoms with Crippen molar-refractivity contribution in [3.05, 3.63) is 30.3 Å². The van der Waals surface area contributed by atoms with E-state index in [1.807, 2.05) is 60.4 Å². The van der Waals surface area contributed by atoms with Gasteiger partial charge in [0.15, 0.2) is 0 Å². The van der Waals surface area contributed by atoms with Crippen molar-refractivity contribution >= 4 is 13.4 Å². The lowest BCUT2D eigenvalue weighted by molar-refractivity contribution is 0.235. The van der Waals surface area contributed by atoms with Crippen LogP contribution in [0, 0.1) is 0 Å². The summed E-state index contributed by atoms with van der Waals surface area (Å²) in [5, 5.41) is 0. The number of hydrogen-bond donors (Lipinski definition) is 0. The summed E-state index contributed by atoms with van der Waals surface area (Å²) in [5.41, 5.74) is 0.970. The maximum Gasteiger partial charge on any atom is 0.371 e. The molecule has 1 saturated heterocycles. The van der Waals surface area contributed by atoms with Gasteiger partial charge in [-0.25, -0.2) is 9.24 Å². The normalized spacial score (nSPS) is 28.0. The Bertz CT molecular complexity index is 434. The highest BCUT2D eigenvalue weighted by Gasteiger charge is 2.45. The first-order chi connectivity index (χ1) is 8.61. The molecule has 2 atom stereocenters. The Morgan fingerprint density at radius 2 is 1.94 bits per heavy atom. The topological polar surface area (TPSA) is 32.8 Å². The van der Waals surface area contributed by atoms with Crippen LogP contribution in [-0.2, 0) is 9.09 Å². The van der Waals surface area contributed by atoms with Gasteiger partial charge < -0.3 is 0 Å². The van der Waals surface area contributed by atoms with Crippen LogP contribution in [0.1, 0.15) is 20.8 Å². The Balaban J connectivity index is 2.36. The van der Waals surface area contributed by atoms with Gasteiger partial charge in [0.25, 0.3) is 0 Å². The molecule has 0 bridgehead atoms. The summed E-state index contributed by atoms with van der Waals surface area (Å²) >= 11 is 0. The fourth-order valence-corrected chi connectivity index (χ4v) is 4.99. The second-order valence-corrected chi connectivity index (χ2v) is 6.70. The third-order valence-corrected chi connectivity index (χ3v) is 6.11. The zero-order valence-corrected chi connectivity index (χ0v) is 12.1. The predicted octanol–water partition coefficient (Wildman–Crippen LogP) is 3.36. The van der Waals surface area contributed by atoms with Gasteiger partial charge in [0, 0.05) is 18.8 Å². The Morgan fingerprint density at radius 3 is 2.50 bits per heavy atom. The van der Waals surface area contributed by atoms with Crippen molar-refractivity contribution in [2.45, 2.75) is 26.9 Å². The van der Waals surface area contributed by atoms with E-state index in [-0.39, 0.29) is 6.10 Å². The van der Waals surface area contributed by atoms with Crippen LogP contribution in [0.15, 0.2) is 30.3 Å². The number of nitrogens with zero attached hydrogens (tertiary/aromatic N) is 2. The molecule has 0 N–H and O–H groups in total. The smallest absolute Gasteiger partial charge is 0.297 e. The quantitative estimate of drug-likeness (QED) is 0.784. The molecule has 0 amide bonds. The van der Waals surface area contributed by atoms with E-state index in [2.05, 4.69) is 0 Å². The van der Waals surface area contributed by atoms with Gasteiger partial charge in [0.2, 0.25) is 0 Å². The van der Waals surface area contributed by atoms with Gasteiger partial charge in [-0.2, -0.15) is 0 Å². The van der Waals surface area contributed by atoms with Crippen LogP contribution in [0.2, 0.25) is 0 Å². The van der Waals surface area contributed by atoms with E-state index in [1.165, 1.54) is 0 Å². The van der Waals surface area contributed by atoms with Crippen LogP contribution < -0.4 is 4.67 Å². The molecule has 1 aliphatic heterocycles. The summed E-state index contributed by atoms with van der Waals surface area (Å²) in [5.74, 6) is 0. The minimum atomic E-state index is -2.90. The lowest BCUT2D eigenvalue weighted by Crippen LogP contribution is -2.28. The molecule has 18 heavy (non-hydrogen) atoms. The predicted molar refractivity (Wildman–Crippen MR) is 74.9 cm³/mol. The first-order valence-corrected chi connectivity index (χ1v) is 8.01. The van der Waals surface area contributed by atoms with Gasteiger partial charge in [-0.05, 0) is 19.1 Å². The highest BCUT2D eigenvalue weighted by atomic mass is 31.2. The van der Waals surface area contributed by atoms with Crippen molar-refractivity contribution in [1.82, 2.24) is 4.67 Å². The van der Waals surface area contributed by atoms with Gasteiger partial charge in [0.05, 0.1) is 12.6 Å². The molecule has 0 aromatic heterocycles. The number of rotatable bonds is 4. The molecule has 0 aliphatic carbocycles. The third-order valence-electron chi connectivity index (χ3n) is 3.19. The Labute approximate surface area is 109 Å². The first kappa shape index (κ1) is 13.6. The molecule has 100 valence electrons. The van der Waals surface area contributed by atoms with Gasteiger partial charge in [-0.3, -0.25) is 9.19 Å². The third kappa shape index (κ3) is 2.33. The van der Waals surface area contributed by atoms with Crippen molar-refractivity contribution in [1.29, 1.82) is 0 Å². The zero-order chi connectivity index (χ0) is 13.2. The molecule has 5 heteroatoms. The molecule has 1 fully saturated rings. The summed E-state index contributed by atoms with van der Waals surface area (Å²) in [6.45, 7) is 8.13. The highest BCUT2D eigenvalue weighted by Crippen LogP contribution is 2.60. The van der Waals surface area contributed by atoms with Gasteiger partial charge >= 0.3 is 7.67 Å². The number of hydrogen-bond acceptors (Lipinski definition) is 2. The lowest BCUT2D eigenvalue weighted by atomic mass is 10.3. The standard InChI is InChI=1S/C13H21N2O2P/c1-4-14(5-2)18(16)15(11-12(3)17-18)13-9-7-6-8-10-13/h6-10,12H,4-5,11H2,1-3H3/t12-,18+/m1/s1. The fraction of sp³-hybridized carbons (Fsp3) is 0.538. The SMILES string of the molecule is CCN(CC)[P@]1(=O)O[C@H](C)CN1c1ccccc1. The van der Waals surface area contributed by atoms with E-state index in [9.17, 15) is 4.57 Å². The van der Waals surface area contributed by atoms with Crippen LogP contribution in [-0.4, -0.2) is 30.4 Å². The second-order valence-electron chi connectivity index (χ2n) is 4.46. The van der Waals surface area contributed by atoms with E-state index in [0.29, 0.717) is 6.54 Å². The monoisotopic (exact) mass is 268 g/mol. The van der Waals surface area contributed by atoms with Gasteiger partial charge in [-0.1, -0.05) is 32.0 Å². The Morgan fingerprint density at radius 1 is 1.33 bits per heavy atom. The fourth-order valence-electron chi connectivity index (χ4n) is 2.32. The van der Waals surface area contributed by atoms with E-state index >= 15 is 0 Å². The van der Waals surface area contributed by atoms with Crippen LogP contribution in [0.25, 0.3) is 0 Å². The minimum absolute atomic E-state index is 0.00311. The van der Waals surface area contributed by atoms with Crippen LogP contribution in [0.3, 0.4) is 0 Å². The van der Waals surface area contributed by atoms with E-state index in [0.717, 1.165) is 18.8 Å².